The summed E-state index contributed by atoms with van der Waals surface area (Å²) in [5.41, 5.74) is 0. The molecule has 1 aromatic heterocycles. The van der Waals surface area contributed by atoms with Crippen molar-refractivity contribution in [1.29, 1.82) is 0 Å². The highest BCUT2D eigenvalue weighted by Gasteiger charge is 2.31. The Kier molecular flexibility index (Phi) is 5.38. The average molecular weight is 325 g/mol. The van der Waals surface area contributed by atoms with Crippen molar-refractivity contribution in [1.82, 2.24) is 10.2 Å². The highest BCUT2D eigenvalue weighted by atomic mass is 32.1. The smallest absolute Gasteiger partial charge is 0.281 e. The standard InChI is InChI=1S/C15H25N5OS/c1-12-17-18-15(22-12)16-14(21)11-19-7-9-20(10-8-19)13-5-3-2-4-6-13/h13H,2-11H2,1H3,(H,16,18,21)/p+2. The van der Waals surface area contributed by atoms with Crippen LogP contribution < -0.4 is 15.1 Å². The molecular weight excluding hydrogens is 298 g/mol. The van der Waals surface area contributed by atoms with Gasteiger partial charge in [0.15, 0.2) is 6.54 Å². The van der Waals surface area contributed by atoms with Gasteiger partial charge in [0.25, 0.3) is 5.91 Å². The van der Waals surface area contributed by atoms with Crippen LogP contribution in [0.3, 0.4) is 0 Å². The molecule has 3 rings (SSSR count). The molecule has 1 aliphatic heterocycles. The van der Waals surface area contributed by atoms with Crippen LogP contribution in [0.1, 0.15) is 37.1 Å². The molecule has 2 aliphatic rings. The second kappa shape index (κ2) is 7.48. The van der Waals surface area contributed by atoms with Gasteiger partial charge in [-0.05, 0) is 32.6 Å². The minimum Gasteiger partial charge on any atom is -0.323 e. The summed E-state index contributed by atoms with van der Waals surface area (Å²) in [7, 11) is 0. The fourth-order valence-electron chi connectivity index (χ4n) is 3.76. The number of piperazine rings is 1. The lowest BCUT2D eigenvalue weighted by Gasteiger charge is -2.36. The van der Waals surface area contributed by atoms with Crippen LogP contribution in [0.15, 0.2) is 0 Å². The topological polar surface area (TPSA) is 63.8 Å². The fraction of sp³-hybridized carbons (Fsp3) is 0.800. The van der Waals surface area contributed by atoms with E-state index in [-0.39, 0.29) is 5.91 Å². The van der Waals surface area contributed by atoms with Crippen molar-refractivity contribution in [3.8, 4) is 0 Å². The third-order valence-electron chi connectivity index (χ3n) is 4.96. The summed E-state index contributed by atoms with van der Waals surface area (Å²) < 4.78 is 0. The molecule has 1 aromatic rings. The zero-order valence-electron chi connectivity index (χ0n) is 13.4. The second-order valence-electron chi connectivity index (χ2n) is 6.59. The highest BCUT2D eigenvalue weighted by molar-refractivity contribution is 7.15. The molecule has 122 valence electrons. The van der Waals surface area contributed by atoms with Crippen molar-refractivity contribution < 1.29 is 14.6 Å². The lowest BCUT2D eigenvalue weighted by Crippen LogP contribution is -3.30. The third kappa shape index (κ3) is 4.24. The molecular formula is C15H27N5OS+2. The SMILES string of the molecule is Cc1nnc(NC(=O)C[NH+]2CC[NH+](C3CCCCC3)CC2)s1. The summed E-state index contributed by atoms with van der Waals surface area (Å²) in [6.07, 6.45) is 7.05. The number of hydrogen-bond donors (Lipinski definition) is 3. The van der Waals surface area contributed by atoms with Crippen molar-refractivity contribution in [2.24, 2.45) is 0 Å². The van der Waals surface area contributed by atoms with E-state index < -0.39 is 0 Å². The molecule has 1 aliphatic carbocycles. The summed E-state index contributed by atoms with van der Waals surface area (Å²) in [6, 6.07) is 0.883. The van der Waals surface area contributed by atoms with Crippen molar-refractivity contribution in [2.75, 3.05) is 38.0 Å². The number of carbonyl (C=O) groups is 1. The van der Waals surface area contributed by atoms with Crippen LogP contribution in [0.5, 0.6) is 0 Å². The van der Waals surface area contributed by atoms with E-state index in [4.69, 9.17) is 0 Å². The van der Waals surface area contributed by atoms with E-state index >= 15 is 0 Å². The number of amides is 1. The van der Waals surface area contributed by atoms with Crippen LogP contribution >= 0.6 is 11.3 Å². The van der Waals surface area contributed by atoms with Crippen LogP contribution in [0.4, 0.5) is 5.13 Å². The molecule has 22 heavy (non-hydrogen) atoms. The number of aryl methyl sites for hydroxylation is 1. The van der Waals surface area contributed by atoms with Gasteiger partial charge >= 0.3 is 0 Å². The van der Waals surface area contributed by atoms with E-state index in [0.29, 0.717) is 11.7 Å². The molecule has 0 spiro atoms. The first-order valence-electron chi connectivity index (χ1n) is 8.49. The number of nitrogens with one attached hydrogen (secondary N) is 3. The quantitative estimate of drug-likeness (QED) is 0.659. The first-order chi connectivity index (χ1) is 10.7. The fourth-order valence-corrected chi connectivity index (χ4v) is 4.37. The number of rotatable bonds is 4. The van der Waals surface area contributed by atoms with Crippen molar-refractivity contribution >= 4 is 22.4 Å². The van der Waals surface area contributed by atoms with Gasteiger partial charge in [0.1, 0.15) is 31.2 Å². The number of aromatic nitrogens is 2. The van der Waals surface area contributed by atoms with Crippen molar-refractivity contribution in [2.45, 2.75) is 45.1 Å². The molecule has 2 heterocycles. The van der Waals surface area contributed by atoms with Gasteiger partial charge in [0, 0.05) is 0 Å². The summed E-state index contributed by atoms with van der Waals surface area (Å²) in [4.78, 5) is 15.3. The monoisotopic (exact) mass is 325 g/mol. The largest absolute Gasteiger partial charge is 0.323 e. The first kappa shape index (κ1) is 15.8. The van der Waals surface area contributed by atoms with Gasteiger partial charge in [-0.25, -0.2) is 0 Å². The van der Waals surface area contributed by atoms with Crippen molar-refractivity contribution in [3.05, 3.63) is 5.01 Å². The Bertz CT molecular complexity index is 492. The molecule has 0 radical (unpaired) electrons. The van der Waals surface area contributed by atoms with Crippen LogP contribution in [0.2, 0.25) is 0 Å². The third-order valence-corrected chi connectivity index (χ3v) is 5.72. The predicted octanol–water partition coefficient (Wildman–Crippen LogP) is -1.10. The number of hydrogen-bond acceptors (Lipinski definition) is 4. The average Bonchev–Trinajstić information content (AvgIpc) is 2.94. The minimum atomic E-state index is 0.0623. The maximum atomic E-state index is 12.1. The minimum absolute atomic E-state index is 0.0623. The van der Waals surface area contributed by atoms with E-state index in [9.17, 15) is 4.79 Å². The van der Waals surface area contributed by atoms with Gasteiger partial charge in [0.05, 0.1) is 6.04 Å². The van der Waals surface area contributed by atoms with Crippen molar-refractivity contribution in [3.63, 3.8) is 0 Å². The second-order valence-corrected chi connectivity index (χ2v) is 7.78. The predicted molar refractivity (Wildman–Crippen MR) is 86.4 cm³/mol. The van der Waals surface area contributed by atoms with E-state index in [1.807, 2.05) is 6.92 Å². The van der Waals surface area contributed by atoms with Gasteiger partial charge in [-0.1, -0.05) is 17.8 Å². The zero-order chi connectivity index (χ0) is 15.4. The Hall–Kier alpha value is -1.05. The Morgan fingerprint density at radius 1 is 1.18 bits per heavy atom. The molecule has 0 bridgehead atoms. The van der Waals surface area contributed by atoms with Gasteiger partial charge < -0.3 is 9.80 Å². The Balaban J connectivity index is 1.40. The molecule has 7 heteroatoms. The lowest BCUT2D eigenvalue weighted by atomic mass is 9.94. The number of anilines is 1. The van der Waals surface area contributed by atoms with Gasteiger partial charge in [-0.2, -0.15) is 0 Å². The van der Waals surface area contributed by atoms with E-state index in [1.54, 1.807) is 4.90 Å². The number of quaternary nitrogens is 2. The van der Waals surface area contributed by atoms with Gasteiger partial charge in [-0.3, -0.25) is 10.1 Å². The lowest BCUT2D eigenvalue weighted by molar-refractivity contribution is -1.02. The van der Waals surface area contributed by atoms with E-state index in [2.05, 4.69) is 15.5 Å². The zero-order valence-corrected chi connectivity index (χ0v) is 14.2. The summed E-state index contributed by atoms with van der Waals surface area (Å²) in [5, 5.41) is 12.2. The molecule has 1 saturated heterocycles. The Morgan fingerprint density at radius 2 is 1.91 bits per heavy atom. The van der Waals surface area contributed by atoms with E-state index in [1.165, 1.54) is 61.4 Å². The van der Waals surface area contributed by atoms with Gasteiger partial charge in [0.2, 0.25) is 5.13 Å². The molecule has 2 fully saturated rings. The molecule has 0 atom stereocenters. The molecule has 1 amide bonds. The summed E-state index contributed by atoms with van der Waals surface area (Å²) >= 11 is 1.43. The molecule has 6 nitrogen and oxygen atoms in total. The Morgan fingerprint density at radius 3 is 2.55 bits per heavy atom. The van der Waals surface area contributed by atoms with Crippen LogP contribution in [-0.4, -0.2) is 54.9 Å². The number of nitrogens with zero attached hydrogens (tertiary/aromatic N) is 2. The maximum absolute atomic E-state index is 12.1. The molecule has 1 saturated carbocycles. The summed E-state index contributed by atoms with van der Waals surface area (Å²) in [5.74, 6) is 0.0623. The van der Waals surface area contributed by atoms with E-state index in [0.717, 1.165) is 24.1 Å². The van der Waals surface area contributed by atoms with Crippen LogP contribution in [-0.2, 0) is 4.79 Å². The highest BCUT2D eigenvalue weighted by Crippen LogP contribution is 2.15. The molecule has 0 aromatic carbocycles. The summed E-state index contributed by atoms with van der Waals surface area (Å²) in [6.45, 7) is 7.08. The van der Waals surface area contributed by atoms with Gasteiger partial charge in [-0.15, -0.1) is 10.2 Å². The molecule has 0 unspecified atom stereocenters. The van der Waals surface area contributed by atoms with Crippen LogP contribution in [0.25, 0.3) is 0 Å². The Labute approximate surface area is 135 Å². The van der Waals surface area contributed by atoms with Crippen LogP contribution in [0, 0.1) is 6.92 Å². The maximum Gasteiger partial charge on any atom is 0.281 e. The number of carbonyl (C=O) groups excluding carboxylic acids is 1. The first-order valence-corrected chi connectivity index (χ1v) is 9.30. The molecule has 3 N–H and O–H groups in total. The normalized spacial score (nSPS) is 26.8.